The lowest BCUT2D eigenvalue weighted by Crippen LogP contribution is -2.12. The molecule has 182 valence electrons. The molecule has 1 atom stereocenters. The summed E-state index contributed by atoms with van der Waals surface area (Å²) in [6.07, 6.45) is -4.52. The number of H-pyrrole nitrogens is 1. The zero-order valence-electron chi connectivity index (χ0n) is 18.7. The Balaban J connectivity index is 0.00000158. The first kappa shape index (κ1) is 25.5. The second-order valence-corrected chi connectivity index (χ2v) is 9.34. The topological polar surface area (TPSA) is 86.2 Å². The number of methoxy groups -OCH3 is 1. The average Bonchev–Trinajstić information content (AvgIpc) is 3.55. The summed E-state index contributed by atoms with van der Waals surface area (Å²) in [5.41, 5.74) is 0.589. The van der Waals surface area contributed by atoms with Gasteiger partial charge in [0.2, 0.25) is 0 Å². The van der Waals surface area contributed by atoms with Crippen LogP contribution in [-0.2, 0) is 26.7 Å². The summed E-state index contributed by atoms with van der Waals surface area (Å²) < 4.78 is 63.7. The number of carbonyl (C=O) groups is 1. The number of aromatic nitrogens is 3. The van der Waals surface area contributed by atoms with Crippen LogP contribution in [0.15, 0.2) is 46.7 Å². The number of ether oxygens (including phenoxy) is 2. The van der Waals surface area contributed by atoms with Crippen LogP contribution in [-0.4, -0.2) is 38.1 Å². The first-order chi connectivity index (χ1) is 16.2. The van der Waals surface area contributed by atoms with Crippen LogP contribution in [0.2, 0.25) is 0 Å². The van der Waals surface area contributed by atoms with Crippen LogP contribution in [0, 0.1) is 6.92 Å². The SMILES string of the molecule is CC.COC(=O)COc1ccc2c(c1)cc(C)n2S(=O)c1ccc(-c2cc(C(F)(F)F)[nH]n2)s1. The minimum atomic E-state index is -4.52. The number of thiophene rings is 1. The highest BCUT2D eigenvalue weighted by Crippen LogP contribution is 2.35. The summed E-state index contributed by atoms with van der Waals surface area (Å²) in [6.45, 7) is 5.57. The standard InChI is InChI=1S/C20H16F3N3O4S2.C2H6/c1-11-7-12-8-13(30-10-18(27)29-2)3-4-15(12)26(11)32(28)19-6-5-16(31-19)14-9-17(25-24-14)20(21,22)23;1-2/h3-9H,10H2,1-2H3,(H,24,25);1-2H3. The van der Waals surface area contributed by atoms with E-state index in [1.807, 2.05) is 25.0 Å². The monoisotopic (exact) mass is 513 g/mol. The van der Waals surface area contributed by atoms with E-state index >= 15 is 0 Å². The number of nitrogens with one attached hydrogen (secondary N) is 1. The van der Waals surface area contributed by atoms with Crippen LogP contribution in [0.25, 0.3) is 21.5 Å². The molecule has 7 nitrogen and oxygen atoms in total. The predicted octanol–water partition coefficient (Wildman–Crippen LogP) is 5.57. The number of esters is 1. The molecule has 0 saturated heterocycles. The van der Waals surface area contributed by atoms with Crippen molar-refractivity contribution >= 4 is 39.2 Å². The number of rotatable bonds is 6. The van der Waals surface area contributed by atoms with E-state index in [1.165, 1.54) is 7.11 Å². The summed E-state index contributed by atoms with van der Waals surface area (Å²) in [5.74, 6) is -0.0454. The second-order valence-electron chi connectivity index (χ2n) is 6.70. The van der Waals surface area contributed by atoms with Crippen LogP contribution in [0.1, 0.15) is 25.2 Å². The quantitative estimate of drug-likeness (QED) is 0.341. The van der Waals surface area contributed by atoms with E-state index in [4.69, 9.17) is 4.74 Å². The number of fused-ring (bicyclic) bond motifs is 1. The van der Waals surface area contributed by atoms with Gasteiger partial charge in [-0.25, -0.2) is 9.00 Å². The Morgan fingerprint density at radius 2 is 1.91 bits per heavy atom. The van der Waals surface area contributed by atoms with Crippen molar-refractivity contribution in [1.29, 1.82) is 0 Å². The number of aryl methyl sites for hydroxylation is 1. The Morgan fingerprint density at radius 1 is 1.18 bits per heavy atom. The molecule has 0 radical (unpaired) electrons. The summed E-state index contributed by atoms with van der Waals surface area (Å²) >= 11 is 1.10. The lowest BCUT2D eigenvalue weighted by atomic mass is 10.2. The molecular weight excluding hydrogens is 491 g/mol. The van der Waals surface area contributed by atoms with E-state index in [-0.39, 0.29) is 12.3 Å². The molecule has 0 saturated carbocycles. The lowest BCUT2D eigenvalue weighted by Gasteiger charge is -2.07. The predicted molar refractivity (Wildman–Crippen MR) is 124 cm³/mol. The van der Waals surface area contributed by atoms with Gasteiger partial charge in [-0.2, -0.15) is 18.3 Å². The van der Waals surface area contributed by atoms with Crippen molar-refractivity contribution in [2.75, 3.05) is 13.7 Å². The van der Waals surface area contributed by atoms with Gasteiger partial charge in [-0.3, -0.25) is 9.07 Å². The summed E-state index contributed by atoms with van der Waals surface area (Å²) in [5, 5.41) is 6.46. The molecular formula is C22H22F3N3O4S2. The van der Waals surface area contributed by atoms with E-state index in [2.05, 4.69) is 9.84 Å². The first-order valence-electron chi connectivity index (χ1n) is 10.1. The fraction of sp³-hybridized carbons (Fsp3) is 0.273. The minimum Gasteiger partial charge on any atom is -0.482 e. The van der Waals surface area contributed by atoms with Crippen molar-refractivity contribution in [1.82, 2.24) is 14.2 Å². The van der Waals surface area contributed by atoms with Crippen LogP contribution >= 0.6 is 11.3 Å². The van der Waals surface area contributed by atoms with Crippen LogP contribution in [0.5, 0.6) is 5.75 Å². The maximum Gasteiger partial charge on any atom is 0.432 e. The molecule has 0 fully saturated rings. The van der Waals surface area contributed by atoms with Crippen LogP contribution in [0.4, 0.5) is 13.2 Å². The van der Waals surface area contributed by atoms with Gasteiger partial charge in [0.1, 0.15) is 21.3 Å². The van der Waals surface area contributed by atoms with E-state index in [1.54, 1.807) is 41.2 Å². The molecule has 34 heavy (non-hydrogen) atoms. The largest absolute Gasteiger partial charge is 0.482 e. The van der Waals surface area contributed by atoms with Gasteiger partial charge in [-0.1, -0.05) is 13.8 Å². The fourth-order valence-electron chi connectivity index (χ4n) is 3.05. The molecule has 0 aliphatic carbocycles. The smallest absolute Gasteiger partial charge is 0.432 e. The van der Waals surface area contributed by atoms with Gasteiger partial charge in [0.05, 0.1) is 17.5 Å². The van der Waals surface area contributed by atoms with Crippen molar-refractivity contribution in [3.63, 3.8) is 0 Å². The third kappa shape index (κ3) is 5.33. The van der Waals surface area contributed by atoms with Gasteiger partial charge < -0.3 is 9.47 Å². The van der Waals surface area contributed by atoms with Crippen molar-refractivity contribution < 1.29 is 31.6 Å². The number of benzene rings is 1. The highest BCUT2D eigenvalue weighted by Gasteiger charge is 2.33. The number of hydrogen-bond acceptors (Lipinski definition) is 6. The molecule has 1 N–H and O–H groups in total. The summed E-state index contributed by atoms with van der Waals surface area (Å²) in [7, 11) is -0.355. The summed E-state index contributed by atoms with van der Waals surface area (Å²) in [6, 6.07) is 11.1. The highest BCUT2D eigenvalue weighted by atomic mass is 32.2. The first-order valence-corrected chi connectivity index (χ1v) is 12.1. The van der Waals surface area contributed by atoms with Crippen molar-refractivity contribution in [2.24, 2.45) is 0 Å². The maximum atomic E-state index is 13.3. The Bertz CT molecular complexity index is 1320. The van der Waals surface area contributed by atoms with Gasteiger partial charge in [-0.05, 0) is 49.4 Å². The molecule has 0 spiro atoms. The molecule has 3 heterocycles. The number of alkyl halides is 3. The molecule has 0 aliphatic rings. The minimum absolute atomic E-state index is 0.132. The van der Waals surface area contributed by atoms with Crippen molar-refractivity contribution in [2.45, 2.75) is 31.2 Å². The number of halogens is 3. The van der Waals surface area contributed by atoms with Gasteiger partial charge in [-0.15, -0.1) is 11.3 Å². The van der Waals surface area contributed by atoms with Gasteiger partial charge in [0, 0.05) is 11.1 Å². The zero-order valence-corrected chi connectivity index (χ0v) is 20.4. The maximum absolute atomic E-state index is 13.3. The van der Waals surface area contributed by atoms with E-state index in [0.29, 0.717) is 20.4 Å². The second kappa shape index (κ2) is 10.4. The van der Waals surface area contributed by atoms with Crippen molar-refractivity contribution in [3.05, 3.63) is 53.9 Å². The van der Waals surface area contributed by atoms with Gasteiger partial charge in [0.25, 0.3) is 0 Å². The molecule has 12 heteroatoms. The number of nitrogens with zero attached hydrogens (tertiary/aromatic N) is 2. The third-order valence-electron chi connectivity index (χ3n) is 4.54. The zero-order chi connectivity index (χ0) is 25.0. The number of hydrogen-bond donors (Lipinski definition) is 1. The molecule has 3 aromatic heterocycles. The Labute approximate surface area is 200 Å². The molecule has 4 rings (SSSR count). The number of aromatic amines is 1. The van der Waals surface area contributed by atoms with Gasteiger partial charge in [0.15, 0.2) is 17.6 Å². The molecule has 0 amide bonds. The average molecular weight is 514 g/mol. The lowest BCUT2D eigenvalue weighted by molar-refractivity contribution is -0.143. The summed E-state index contributed by atoms with van der Waals surface area (Å²) in [4.78, 5) is 11.7. The van der Waals surface area contributed by atoms with E-state index in [0.717, 1.165) is 28.5 Å². The molecule has 1 unspecified atom stereocenters. The fourth-order valence-corrected chi connectivity index (χ4v) is 5.55. The molecule has 0 bridgehead atoms. The van der Waals surface area contributed by atoms with Crippen LogP contribution < -0.4 is 4.74 Å². The van der Waals surface area contributed by atoms with Crippen molar-refractivity contribution in [3.8, 4) is 16.3 Å². The van der Waals surface area contributed by atoms with Gasteiger partial charge >= 0.3 is 12.1 Å². The van der Waals surface area contributed by atoms with Crippen LogP contribution in [0.3, 0.4) is 0 Å². The Kier molecular flexibility index (Phi) is 7.82. The normalized spacial score (nSPS) is 12.2. The number of carbonyl (C=O) groups excluding carboxylic acids is 1. The van der Waals surface area contributed by atoms with E-state index in [9.17, 15) is 22.2 Å². The Hall–Kier alpha value is -3.12. The molecule has 1 aromatic carbocycles. The molecule has 4 aromatic rings. The molecule has 0 aliphatic heterocycles. The Morgan fingerprint density at radius 3 is 2.56 bits per heavy atom. The third-order valence-corrected chi connectivity index (χ3v) is 7.42. The highest BCUT2D eigenvalue weighted by molar-refractivity contribution is 7.86. The van der Waals surface area contributed by atoms with E-state index < -0.39 is 28.8 Å².